The largest absolute Gasteiger partial charge is 0.490 e. The van der Waals surface area contributed by atoms with Crippen LogP contribution in [0.3, 0.4) is 0 Å². The maximum atomic E-state index is 11.8. The molecule has 0 atom stereocenters. The van der Waals surface area contributed by atoms with Crippen molar-refractivity contribution >= 4 is 35.8 Å². The summed E-state index contributed by atoms with van der Waals surface area (Å²) in [5, 5.41) is 6.37. The van der Waals surface area contributed by atoms with Crippen LogP contribution in [0.2, 0.25) is 0 Å². The highest BCUT2D eigenvalue weighted by atomic mass is 127. The summed E-state index contributed by atoms with van der Waals surface area (Å²) >= 11 is 0. The average Bonchev–Trinajstić information content (AvgIpc) is 2.86. The van der Waals surface area contributed by atoms with Gasteiger partial charge in [0.1, 0.15) is 0 Å². The summed E-state index contributed by atoms with van der Waals surface area (Å²) < 4.78 is 11.6. The lowest BCUT2D eigenvalue weighted by molar-refractivity contribution is -0.127. The minimum Gasteiger partial charge on any atom is -0.490 e. The number of rotatable bonds is 6. The van der Waals surface area contributed by atoms with Gasteiger partial charge >= 0.3 is 0 Å². The van der Waals surface area contributed by atoms with Gasteiger partial charge in [-0.2, -0.15) is 0 Å². The zero-order valence-electron chi connectivity index (χ0n) is 16.6. The molecule has 27 heavy (non-hydrogen) atoms. The molecular weight excluding hydrogens is 459 g/mol. The van der Waals surface area contributed by atoms with Crippen molar-refractivity contribution in [2.75, 3.05) is 40.4 Å². The second-order valence-corrected chi connectivity index (χ2v) is 6.88. The third-order valence-corrected chi connectivity index (χ3v) is 3.84. The fourth-order valence-electron chi connectivity index (χ4n) is 2.34. The van der Waals surface area contributed by atoms with E-state index in [1.165, 1.54) is 0 Å². The Labute approximate surface area is 178 Å². The highest BCUT2D eigenvalue weighted by molar-refractivity contribution is 14.0. The summed E-state index contributed by atoms with van der Waals surface area (Å²) in [7, 11) is 3.47. The average molecular weight is 490 g/mol. The van der Waals surface area contributed by atoms with E-state index in [1.54, 1.807) is 19.0 Å². The molecule has 1 heterocycles. The molecule has 1 amide bonds. The minimum atomic E-state index is -0.00522. The summed E-state index contributed by atoms with van der Waals surface area (Å²) in [5.41, 5.74) is 0.967. The molecule has 0 bridgehead atoms. The fraction of sp³-hybridized carbons (Fsp3) is 0.579. The zero-order valence-corrected chi connectivity index (χ0v) is 18.9. The van der Waals surface area contributed by atoms with Gasteiger partial charge in [-0.3, -0.25) is 4.79 Å². The predicted octanol–water partition coefficient (Wildman–Crippen LogP) is 2.25. The van der Waals surface area contributed by atoms with E-state index < -0.39 is 0 Å². The van der Waals surface area contributed by atoms with Gasteiger partial charge in [-0.05, 0) is 12.0 Å². The monoisotopic (exact) mass is 490 g/mol. The van der Waals surface area contributed by atoms with Crippen LogP contribution in [0.25, 0.3) is 0 Å². The Morgan fingerprint density at radius 1 is 1.22 bits per heavy atom. The molecule has 0 aromatic heterocycles. The molecule has 0 unspecified atom stereocenters. The Morgan fingerprint density at radius 3 is 2.67 bits per heavy atom. The number of para-hydroxylation sites is 1. The highest BCUT2D eigenvalue weighted by Crippen LogP contribution is 2.33. The van der Waals surface area contributed by atoms with Gasteiger partial charge in [0.2, 0.25) is 5.91 Å². The molecule has 1 aliphatic rings. The Bertz CT molecular complexity index is 635. The third-order valence-electron chi connectivity index (χ3n) is 3.84. The number of fused-ring (bicyclic) bond motifs is 1. The highest BCUT2D eigenvalue weighted by Gasteiger charge is 2.14. The molecule has 0 aliphatic carbocycles. The van der Waals surface area contributed by atoms with Crippen LogP contribution in [0.1, 0.15) is 25.8 Å². The lowest BCUT2D eigenvalue weighted by Crippen LogP contribution is -2.44. The number of likely N-dealkylation sites (N-methyl/N-ethyl adjacent to an activating group) is 1. The van der Waals surface area contributed by atoms with Crippen LogP contribution in [0.5, 0.6) is 11.5 Å². The topological polar surface area (TPSA) is 75.2 Å². The zero-order chi connectivity index (χ0) is 18.9. The first-order valence-electron chi connectivity index (χ1n) is 9.07. The van der Waals surface area contributed by atoms with Crippen LogP contribution in [0.15, 0.2) is 23.2 Å². The second-order valence-electron chi connectivity index (χ2n) is 6.88. The van der Waals surface area contributed by atoms with Crippen LogP contribution < -0.4 is 20.1 Å². The number of guanidine groups is 1. The first-order chi connectivity index (χ1) is 12.5. The van der Waals surface area contributed by atoms with E-state index in [0.29, 0.717) is 31.6 Å². The van der Waals surface area contributed by atoms with Crippen LogP contribution in [0.4, 0.5) is 0 Å². The second kappa shape index (κ2) is 11.9. The molecule has 0 radical (unpaired) electrons. The Kier molecular flexibility index (Phi) is 10.3. The summed E-state index contributed by atoms with van der Waals surface area (Å²) in [6.45, 7) is 6.96. The molecule has 0 fully saturated rings. The summed E-state index contributed by atoms with van der Waals surface area (Å²) in [4.78, 5) is 18.0. The van der Waals surface area contributed by atoms with Crippen molar-refractivity contribution in [2.24, 2.45) is 10.9 Å². The van der Waals surface area contributed by atoms with Crippen molar-refractivity contribution < 1.29 is 14.3 Å². The van der Waals surface area contributed by atoms with E-state index in [9.17, 15) is 4.79 Å². The Hall–Kier alpha value is -1.71. The van der Waals surface area contributed by atoms with Crippen molar-refractivity contribution in [1.29, 1.82) is 0 Å². The minimum absolute atomic E-state index is 0. The predicted molar refractivity (Wildman–Crippen MR) is 118 cm³/mol. The molecule has 8 heteroatoms. The number of hydrogen-bond donors (Lipinski definition) is 2. The molecule has 2 N–H and O–H groups in total. The molecule has 1 aliphatic heterocycles. The van der Waals surface area contributed by atoms with Crippen molar-refractivity contribution in [2.45, 2.75) is 26.8 Å². The fourth-order valence-corrected chi connectivity index (χ4v) is 2.34. The molecule has 1 aromatic rings. The quantitative estimate of drug-likeness (QED) is 0.364. The number of nitrogens with one attached hydrogen (secondary N) is 2. The van der Waals surface area contributed by atoms with Gasteiger partial charge in [-0.1, -0.05) is 26.0 Å². The van der Waals surface area contributed by atoms with E-state index >= 15 is 0 Å². The first kappa shape index (κ1) is 23.3. The molecule has 0 spiro atoms. The summed E-state index contributed by atoms with van der Waals surface area (Å²) in [6.07, 6.45) is 0.868. The maximum Gasteiger partial charge on any atom is 0.241 e. The SMILES string of the molecule is CC(C)CNC(=NCc1cccc2c1OCCCO2)NCC(=O)N(C)C.I. The van der Waals surface area contributed by atoms with Crippen LogP contribution in [0, 0.1) is 5.92 Å². The van der Waals surface area contributed by atoms with Crippen molar-refractivity contribution in [3.8, 4) is 11.5 Å². The molecule has 2 rings (SSSR count). The Balaban J connectivity index is 0.00000364. The summed E-state index contributed by atoms with van der Waals surface area (Å²) in [5.74, 6) is 2.61. The van der Waals surface area contributed by atoms with E-state index in [-0.39, 0.29) is 36.4 Å². The van der Waals surface area contributed by atoms with Crippen molar-refractivity contribution in [3.63, 3.8) is 0 Å². The van der Waals surface area contributed by atoms with E-state index in [2.05, 4.69) is 29.5 Å². The van der Waals surface area contributed by atoms with E-state index in [4.69, 9.17) is 9.47 Å². The third kappa shape index (κ3) is 7.82. The molecule has 1 aromatic carbocycles. The first-order valence-corrected chi connectivity index (χ1v) is 9.07. The summed E-state index contributed by atoms with van der Waals surface area (Å²) in [6, 6.07) is 5.85. The van der Waals surface area contributed by atoms with Crippen LogP contribution in [-0.4, -0.2) is 57.2 Å². The maximum absolute atomic E-state index is 11.8. The number of aliphatic imine (C=N–C) groups is 1. The van der Waals surface area contributed by atoms with Crippen LogP contribution >= 0.6 is 24.0 Å². The molecule has 152 valence electrons. The normalized spacial score (nSPS) is 13.4. The number of ether oxygens (including phenoxy) is 2. The molecule has 0 saturated carbocycles. The number of carbonyl (C=O) groups is 1. The van der Waals surface area contributed by atoms with Gasteiger partial charge in [-0.15, -0.1) is 24.0 Å². The van der Waals surface area contributed by atoms with Gasteiger partial charge in [0.15, 0.2) is 17.5 Å². The number of carbonyl (C=O) groups excluding carboxylic acids is 1. The molecule has 0 saturated heterocycles. The van der Waals surface area contributed by atoms with Crippen molar-refractivity contribution in [1.82, 2.24) is 15.5 Å². The van der Waals surface area contributed by atoms with Gasteiger partial charge in [0.25, 0.3) is 0 Å². The van der Waals surface area contributed by atoms with Gasteiger partial charge in [0.05, 0.1) is 26.3 Å². The number of amides is 1. The smallest absolute Gasteiger partial charge is 0.241 e. The number of nitrogens with zero attached hydrogens (tertiary/aromatic N) is 2. The van der Waals surface area contributed by atoms with Crippen molar-refractivity contribution in [3.05, 3.63) is 23.8 Å². The lowest BCUT2D eigenvalue weighted by Gasteiger charge is -2.16. The van der Waals surface area contributed by atoms with E-state index in [0.717, 1.165) is 30.0 Å². The molecular formula is C19H31IN4O3. The molecule has 7 nitrogen and oxygen atoms in total. The lowest BCUT2D eigenvalue weighted by atomic mass is 10.2. The Morgan fingerprint density at radius 2 is 1.96 bits per heavy atom. The number of halogens is 1. The van der Waals surface area contributed by atoms with Gasteiger partial charge in [-0.25, -0.2) is 4.99 Å². The van der Waals surface area contributed by atoms with Gasteiger partial charge in [0, 0.05) is 32.6 Å². The van der Waals surface area contributed by atoms with Crippen LogP contribution in [-0.2, 0) is 11.3 Å². The van der Waals surface area contributed by atoms with E-state index in [1.807, 2.05) is 18.2 Å². The number of hydrogen-bond acceptors (Lipinski definition) is 4. The number of benzene rings is 1. The standard InChI is InChI=1S/C19H30N4O3.HI/c1-14(2)11-20-19(22-13-17(24)23(3)4)21-12-15-7-5-8-16-18(15)26-10-6-9-25-16;/h5,7-8,14H,6,9-13H2,1-4H3,(H2,20,21,22);1H. The van der Waals surface area contributed by atoms with Gasteiger partial charge < -0.3 is 25.0 Å².